The first-order chi connectivity index (χ1) is 23.7. The van der Waals surface area contributed by atoms with Crippen molar-refractivity contribution in [2.45, 2.75) is 26.5 Å². The number of urea groups is 1. The number of hydrazone groups is 1. The second-order valence-electron chi connectivity index (χ2n) is 10.8. The normalized spacial score (nSPS) is 14.2. The maximum absolute atomic E-state index is 12.6. The molecule has 0 aromatic heterocycles. The van der Waals surface area contributed by atoms with Crippen molar-refractivity contribution in [2.75, 3.05) is 27.4 Å². The summed E-state index contributed by atoms with van der Waals surface area (Å²) in [4.78, 5) is 37.4. The summed E-state index contributed by atoms with van der Waals surface area (Å²) in [5.41, 5.74) is 5.15. The second-order valence-corrected chi connectivity index (χ2v) is 11.2. The molecule has 4 aromatic carbocycles. The van der Waals surface area contributed by atoms with E-state index in [0.717, 1.165) is 16.3 Å². The van der Waals surface area contributed by atoms with E-state index < -0.39 is 23.9 Å². The zero-order valence-electron chi connectivity index (χ0n) is 27.3. The highest BCUT2D eigenvalue weighted by molar-refractivity contribution is 6.32. The Kier molecular flexibility index (Phi) is 11.2. The van der Waals surface area contributed by atoms with Gasteiger partial charge in [0.2, 0.25) is 0 Å². The van der Waals surface area contributed by atoms with Gasteiger partial charge < -0.3 is 34.3 Å². The van der Waals surface area contributed by atoms with Gasteiger partial charge in [-0.3, -0.25) is 4.79 Å². The molecular weight excluding hydrogens is 652 g/mol. The summed E-state index contributed by atoms with van der Waals surface area (Å²) in [6.45, 7) is 3.41. The smallest absolute Gasteiger partial charge is 0.338 e. The van der Waals surface area contributed by atoms with Crippen molar-refractivity contribution in [3.05, 3.63) is 106 Å². The van der Waals surface area contributed by atoms with E-state index in [-0.39, 0.29) is 36.9 Å². The molecule has 0 aliphatic carbocycles. The van der Waals surface area contributed by atoms with Crippen LogP contribution < -0.4 is 35.0 Å². The van der Waals surface area contributed by atoms with Gasteiger partial charge in [-0.1, -0.05) is 54.1 Å². The van der Waals surface area contributed by atoms with Crippen LogP contribution in [-0.4, -0.2) is 51.6 Å². The third-order valence-corrected chi connectivity index (χ3v) is 7.78. The van der Waals surface area contributed by atoms with E-state index in [2.05, 4.69) is 33.3 Å². The van der Waals surface area contributed by atoms with Crippen LogP contribution in [0.5, 0.6) is 23.0 Å². The molecule has 3 amide bonds. The van der Waals surface area contributed by atoms with Crippen molar-refractivity contribution >= 4 is 46.5 Å². The average Bonchev–Trinajstić information content (AvgIpc) is 3.09. The highest BCUT2D eigenvalue weighted by atomic mass is 35.5. The number of nitrogens with zero attached hydrogens (tertiary/aromatic N) is 1. The molecule has 12 nitrogen and oxygen atoms in total. The van der Waals surface area contributed by atoms with Gasteiger partial charge in [-0.05, 0) is 71.6 Å². The molecule has 13 heteroatoms. The highest BCUT2D eigenvalue weighted by Gasteiger charge is 2.32. The van der Waals surface area contributed by atoms with Crippen molar-refractivity contribution in [2.24, 2.45) is 5.10 Å². The number of carbonyl (C=O) groups is 3. The maximum Gasteiger partial charge on any atom is 0.338 e. The zero-order valence-corrected chi connectivity index (χ0v) is 28.1. The van der Waals surface area contributed by atoms with Crippen LogP contribution in [0.3, 0.4) is 0 Å². The molecule has 0 fully saturated rings. The topological polar surface area (TPSA) is 146 Å². The van der Waals surface area contributed by atoms with Gasteiger partial charge in [-0.15, -0.1) is 0 Å². The first-order valence-electron chi connectivity index (χ1n) is 15.3. The minimum Gasteiger partial charge on any atom is -0.493 e. The molecule has 1 heterocycles. The quantitative estimate of drug-likeness (QED) is 0.0908. The minimum atomic E-state index is -0.786. The molecule has 1 aliphatic rings. The molecule has 1 aliphatic heterocycles. The van der Waals surface area contributed by atoms with Gasteiger partial charge in [0.05, 0.1) is 43.7 Å². The van der Waals surface area contributed by atoms with E-state index in [4.69, 9.17) is 35.3 Å². The lowest BCUT2D eigenvalue weighted by Crippen LogP contribution is -2.45. The second kappa shape index (κ2) is 15.9. The molecule has 49 heavy (non-hydrogen) atoms. The summed E-state index contributed by atoms with van der Waals surface area (Å²) in [5.74, 6) is 0.245. The number of ether oxygens (including phenoxy) is 5. The van der Waals surface area contributed by atoms with Crippen LogP contribution in [0.15, 0.2) is 89.2 Å². The molecule has 0 bridgehead atoms. The Morgan fingerprint density at radius 3 is 2.47 bits per heavy atom. The van der Waals surface area contributed by atoms with Crippen molar-refractivity contribution in [3.63, 3.8) is 0 Å². The van der Waals surface area contributed by atoms with Gasteiger partial charge in [-0.25, -0.2) is 15.0 Å². The largest absolute Gasteiger partial charge is 0.493 e. The first kappa shape index (κ1) is 34.6. The van der Waals surface area contributed by atoms with Crippen LogP contribution in [0.2, 0.25) is 5.02 Å². The van der Waals surface area contributed by atoms with Gasteiger partial charge in [0, 0.05) is 5.70 Å². The average molecular weight is 687 g/mol. The standard InChI is InChI=1S/C36H35ClN4O8/c1-5-47-35(43)32-21(2)39-36(44)40-33(32)26-12-13-28(29(17-26)45-3)48-20-31(42)41-38-18-23-15-27(37)34(30(16-23)46-4)49-19-22-10-11-24-8-6-7-9-25(24)14-22/h6-18,33H,5,19-20H2,1-4H3,(H,41,42)(H2,39,40,44)/b38-18-/t33-/m1/s1. The van der Waals surface area contributed by atoms with Gasteiger partial charge in [0.15, 0.2) is 29.6 Å². The Hall–Kier alpha value is -5.75. The number of nitrogens with one attached hydrogen (secondary N) is 3. The Balaban J connectivity index is 1.19. The summed E-state index contributed by atoms with van der Waals surface area (Å²) < 4.78 is 27.9. The molecule has 4 aromatic rings. The molecule has 0 saturated heterocycles. The molecule has 0 spiro atoms. The van der Waals surface area contributed by atoms with Crippen LogP contribution in [-0.2, 0) is 20.9 Å². The molecule has 0 radical (unpaired) electrons. The fourth-order valence-corrected chi connectivity index (χ4v) is 5.47. The van der Waals surface area contributed by atoms with E-state index in [1.54, 1.807) is 44.2 Å². The van der Waals surface area contributed by atoms with Crippen molar-refractivity contribution in [1.29, 1.82) is 0 Å². The monoisotopic (exact) mass is 686 g/mol. The predicted molar refractivity (Wildman–Crippen MR) is 184 cm³/mol. The third kappa shape index (κ3) is 8.40. The number of hydrogen-bond acceptors (Lipinski definition) is 9. The zero-order chi connectivity index (χ0) is 34.9. The predicted octanol–water partition coefficient (Wildman–Crippen LogP) is 5.81. The summed E-state index contributed by atoms with van der Waals surface area (Å²) in [6, 6.07) is 21.1. The first-order valence-corrected chi connectivity index (χ1v) is 15.6. The van der Waals surface area contributed by atoms with Crippen LogP contribution >= 0.6 is 11.6 Å². The fourth-order valence-electron chi connectivity index (χ4n) is 5.20. The lowest BCUT2D eigenvalue weighted by Gasteiger charge is -2.28. The number of halogens is 1. The molecule has 3 N–H and O–H groups in total. The van der Waals surface area contributed by atoms with Crippen LogP contribution in [0.1, 0.15) is 36.6 Å². The summed E-state index contributed by atoms with van der Waals surface area (Å²) in [6.07, 6.45) is 1.42. The Morgan fingerprint density at radius 2 is 1.71 bits per heavy atom. The van der Waals surface area contributed by atoms with Gasteiger partial charge in [0.1, 0.15) is 6.61 Å². The van der Waals surface area contributed by atoms with E-state index >= 15 is 0 Å². The number of methoxy groups -OCH3 is 2. The Labute approximate surface area is 288 Å². The number of benzene rings is 4. The van der Waals surface area contributed by atoms with Crippen LogP contribution in [0.4, 0.5) is 4.79 Å². The van der Waals surface area contributed by atoms with Crippen molar-refractivity contribution in [1.82, 2.24) is 16.1 Å². The molecule has 254 valence electrons. The Morgan fingerprint density at radius 1 is 0.939 bits per heavy atom. The van der Waals surface area contributed by atoms with E-state index in [0.29, 0.717) is 33.3 Å². The van der Waals surface area contributed by atoms with E-state index in [1.165, 1.54) is 20.4 Å². The Bertz CT molecular complexity index is 1940. The van der Waals surface area contributed by atoms with E-state index in [1.807, 2.05) is 30.3 Å². The van der Waals surface area contributed by atoms with Crippen molar-refractivity contribution in [3.8, 4) is 23.0 Å². The number of fused-ring (bicyclic) bond motifs is 1. The van der Waals surface area contributed by atoms with Gasteiger partial charge >= 0.3 is 12.0 Å². The number of amides is 3. The fraction of sp³-hybridized carbons (Fsp3) is 0.222. The number of hydrogen-bond donors (Lipinski definition) is 3. The van der Waals surface area contributed by atoms with Gasteiger partial charge in [-0.2, -0.15) is 5.10 Å². The lowest BCUT2D eigenvalue weighted by molar-refractivity contribution is -0.139. The third-order valence-electron chi connectivity index (χ3n) is 7.50. The number of carbonyl (C=O) groups excluding carboxylic acids is 3. The number of rotatable bonds is 13. The van der Waals surface area contributed by atoms with Crippen LogP contribution in [0, 0.1) is 0 Å². The van der Waals surface area contributed by atoms with E-state index in [9.17, 15) is 14.4 Å². The molecule has 5 rings (SSSR count). The highest BCUT2D eigenvalue weighted by Crippen LogP contribution is 2.37. The molecular formula is C36H35ClN4O8. The minimum absolute atomic E-state index is 0.176. The maximum atomic E-state index is 12.6. The molecule has 0 saturated carbocycles. The SMILES string of the molecule is CCOC(=O)C1=C(C)NC(=O)N[C@@H]1c1ccc(OCC(=O)N/N=C\c2cc(Cl)c(OCc3ccc4ccccc4c3)c(OC)c2)c(OC)c1. The summed E-state index contributed by atoms with van der Waals surface area (Å²) in [7, 11) is 2.94. The summed E-state index contributed by atoms with van der Waals surface area (Å²) in [5, 5.41) is 11.9. The lowest BCUT2D eigenvalue weighted by atomic mass is 9.95. The number of esters is 1. The van der Waals surface area contributed by atoms with Gasteiger partial charge in [0.25, 0.3) is 5.91 Å². The summed E-state index contributed by atoms with van der Waals surface area (Å²) >= 11 is 6.54. The molecule has 0 unspecified atom stereocenters. The van der Waals surface area contributed by atoms with Crippen molar-refractivity contribution < 1.29 is 38.1 Å². The number of allylic oxidation sites excluding steroid dienone is 1. The molecule has 1 atom stereocenters. The van der Waals surface area contributed by atoms with Crippen LogP contribution in [0.25, 0.3) is 10.8 Å².